The van der Waals surface area contributed by atoms with Gasteiger partial charge < -0.3 is 9.64 Å². The van der Waals surface area contributed by atoms with Gasteiger partial charge >= 0.3 is 0 Å². The van der Waals surface area contributed by atoms with E-state index in [1.165, 1.54) is 18.4 Å². The summed E-state index contributed by atoms with van der Waals surface area (Å²) in [7, 11) is 0. The third kappa shape index (κ3) is 3.83. The Morgan fingerprint density at radius 2 is 1.84 bits per heavy atom. The number of aromatic nitrogens is 1. The molecular weight excluding hydrogens is 460 g/mol. The molecule has 2 aliphatic carbocycles. The minimum absolute atomic E-state index is 0.0692. The molecule has 0 unspecified atom stereocenters. The molecule has 0 N–H and O–H groups in total. The molecule has 37 heavy (non-hydrogen) atoms. The topological polar surface area (TPSA) is 69.5 Å². The molecule has 2 aromatic rings. The predicted octanol–water partition coefficient (Wildman–Crippen LogP) is 4.91. The molecule has 1 aromatic heterocycles. The second-order valence-electron chi connectivity index (χ2n) is 11.6. The fraction of sp³-hybridized carbons (Fsp3) is 0.516. The van der Waals surface area contributed by atoms with Crippen LogP contribution < -0.4 is 4.90 Å². The number of pyridine rings is 1. The van der Waals surface area contributed by atoms with Gasteiger partial charge in [0.2, 0.25) is 0 Å². The molecule has 2 saturated heterocycles. The number of rotatable bonds is 4. The van der Waals surface area contributed by atoms with Crippen LogP contribution in [0.1, 0.15) is 79.1 Å². The summed E-state index contributed by atoms with van der Waals surface area (Å²) in [6.07, 6.45) is 7.22. The Bertz CT molecular complexity index is 1320. The van der Waals surface area contributed by atoms with E-state index in [4.69, 9.17) is 9.72 Å². The first-order valence-corrected chi connectivity index (χ1v) is 13.8. The number of ketones is 1. The summed E-state index contributed by atoms with van der Waals surface area (Å²) in [5.41, 5.74) is 6.47. The summed E-state index contributed by atoms with van der Waals surface area (Å²) in [6.45, 7) is 12.5. The van der Waals surface area contributed by atoms with Gasteiger partial charge in [-0.2, -0.15) is 5.26 Å². The molecule has 6 heteroatoms. The highest BCUT2D eigenvalue weighted by Crippen LogP contribution is 2.50. The highest BCUT2D eigenvalue weighted by atomic mass is 16.5. The second kappa shape index (κ2) is 9.08. The molecule has 6 nitrogen and oxygen atoms in total. The lowest BCUT2D eigenvalue weighted by atomic mass is 9.69. The Balaban J connectivity index is 1.28. The normalized spacial score (nSPS) is 22.3. The predicted molar refractivity (Wildman–Crippen MR) is 145 cm³/mol. The standard InChI is InChI=1S/C31H36N4O2/c1-4-7-31(35-12-14-37-15-13-35)8-10-34(11-9-31)27-18-25-24(20-33-27)29(36)28-23-6-5-21(19-32)16-22(23)17-26(28)30(25,2)3/h5-6,16,18,20H,4,7-15,17H2,1-3H3. The number of nitriles is 1. The van der Waals surface area contributed by atoms with E-state index < -0.39 is 0 Å². The Hall–Kier alpha value is -3.01. The summed E-state index contributed by atoms with van der Waals surface area (Å²) >= 11 is 0. The van der Waals surface area contributed by atoms with Crippen LogP contribution in [0.2, 0.25) is 0 Å². The molecule has 0 saturated carbocycles. The lowest BCUT2D eigenvalue weighted by Crippen LogP contribution is -2.58. The van der Waals surface area contributed by atoms with E-state index in [0.29, 0.717) is 5.56 Å². The number of fused-ring (bicyclic) bond motifs is 3. The first-order valence-electron chi connectivity index (χ1n) is 13.8. The molecule has 2 aliphatic heterocycles. The maximum absolute atomic E-state index is 13.7. The number of piperidine rings is 1. The van der Waals surface area contributed by atoms with Crippen molar-refractivity contribution in [2.45, 2.75) is 63.8 Å². The molecule has 0 radical (unpaired) electrons. The number of hydrogen-bond donors (Lipinski definition) is 0. The van der Waals surface area contributed by atoms with Gasteiger partial charge in [0.05, 0.1) is 24.8 Å². The van der Waals surface area contributed by atoms with Crippen molar-refractivity contribution in [1.82, 2.24) is 9.88 Å². The summed E-state index contributed by atoms with van der Waals surface area (Å²) in [5, 5.41) is 9.36. The number of nitrogens with zero attached hydrogens (tertiary/aromatic N) is 4. The van der Waals surface area contributed by atoms with Gasteiger partial charge in [-0.1, -0.05) is 33.3 Å². The average Bonchev–Trinajstić information content (AvgIpc) is 3.33. The quantitative estimate of drug-likeness (QED) is 0.599. The fourth-order valence-corrected chi connectivity index (χ4v) is 7.28. The maximum atomic E-state index is 13.7. The van der Waals surface area contributed by atoms with Gasteiger partial charge in [0.1, 0.15) is 5.82 Å². The van der Waals surface area contributed by atoms with E-state index in [1.807, 2.05) is 24.4 Å². The molecule has 192 valence electrons. The Kier molecular flexibility index (Phi) is 5.97. The average molecular weight is 497 g/mol. The van der Waals surface area contributed by atoms with E-state index in [-0.39, 0.29) is 16.7 Å². The van der Waals surface area contributed by atoms with Crippen molar-refractivity contribution in [1.29, 1.82) is 5.26 Å². The minimum atomic E-state index is -0.280. The van der Waals surface area contributed by atoms with Gasteiger partial charge in [0, 0.05) is 54.5 Å². The summed E-state index contributed by atoms with van der Waals surface area (Å²) in [5.74, 6) is 1.05. The zero-order chi connectivity index (χ0) is 25.8. The molecule has 3 heterocycles. The fourth-order valence-electron chi connectivity index (χ4n) is 7.28. The highest BCUT2D eigenvalue weighted by molar-refractivity contribution is 6.32. The van der Waals surface area contributed by atoms with Gasteiger partial charge in [0.25, 0.3) is 0 Å². The van der Waals surface area contributed by atoms with Gasteiger partial charge in [0.15, 0.2) is 5.78 Å². The van der Waals surface area contributed by atoms with Gasteiger partial charge in [-0.15, -0.1) is 0 Å². The van der Waals surface area contributed by atoms with Crippen LogP contribution in [0.4, 0.5) is 5.82 Å². The van der Waals surface area contributed by atoms with E-state index in [2.05, 4.69) is 42.7 Å². The van der Waals surface area contributed by atoms with Crippen LogP contribution in [-0.4, -0.2) is 60.6 Å². The molecule has 0 atom stereocenters. The highest BCUT2D eigenvalue weighted by Gasteiger charge is 2.44. The SMILES string of the molecule is CCCC1(N2CCOCC2)CCN(c2cc3c(cn2)C(=O)C2=C(Cc4cc(C#N)ccc42)C3(C)C)CC1. The molecule has 0 bridgehead atoms. The number of ether oxygens (including phenoxy) is 1. The van der Waals surface area contributed by atoms with Crippen molar-refractivity contribution >= 4 is 17.2 Å². The number of morpholine rings is 1. The van der Waals surface area contributed by atoms with Gasteiger partial charge in [-0.25, -0.2) is 4.98 Å². The number of carbonyl (C=O) groups excluding carboxylic acids is 1. The first kappa shape index (κ1) is 24.3. The van der Waals surface area contributed by atoms with Crippen LogP contribution in [0.25, 0.3) is 5.57 Å². The number of Topliss-reactive ketones (excluding diaryl/α,β-unsaturated/α-hetero) is 1. The van der Waals surface area contributed by atoms with E-state index in [0.717, 1.165) is 92.3 Å². The largest absolute Gasteiger partial charge is 0.379 e. The smallest absolute Gasteiger partial charge is 0.195 e. The molecule has 4 aliphatic rings. The molecule has 2 fully saturated rings. The van der Waals surface area contributed by atoms with Crippen LogP contribution in [0.15, 0.2) is 36.0 Å². The monoisotopic (exact) mass is 496 g/mol. The van der Waals surface area contributed by atoms with Crippen molar-refractivity contribution in [3.05, 3.63) is 63.9 Å². The second-order valence-corrected chi connectivity index (χ2v) is 11.6. The zero-order valence-electron chi connectivity index (χ0n) is 22.3. The Labute approximate surface area is 219 Å². The number of carbonyl (C=O) groups is 1. The van der Waals surface area contributed by atoms with Crippen LogP contribution >= 0.6 is 0 Å². The molecule has 0 amide bonds. The lowest BCUT2D eigenvalue weighted by Gasteiger charge is -2.50. The third-order valence-corrected chi connectivity index (χ3v) is 9.38. The third-order valence-electron chi connectivity index (χ3n) is 9.38. The maximum Gasteiger partial charge on any atom is 0.195 e. The van der Waals surface area contributed by atoms with E-state index in [1.54, 1.807) is 0 Å². The lowest BCUT2D eigenvalue weighted by molar-refractivity contribution is -0.0362. The van der Waals surface area contributed by atoms with Crippen LogP contribution in [0, 0.1) is 11.3 Å². The van der Waals surface area contributed by atoms with Crippen molar-refractivity contribution in [3.63, 3.8) is 0 Å². The van der Waals surface area contributed by atoms with Crippen molar-refractivity contribution in [2.24, 2.45) is 0 Å². The van der Waals surface area contributed by atoms with E-state index in [9.17, 15) is 10.1 Å². The van der Waals surface area contributed by atoms with Crippen molar-refractivity contribution < 1.29 is 9.53 Å². The van der Waals surface area contributed by atoms with Gasteiger partial charge in [-0.05, 0) is 66.1 Å². The molecule has 1 aromatic carbocycles. The number of anilines is 1. The summed E-state index contributed by atoms with van der Waals surface area (Å²) < 4.78 is 5.64. The number of hydrogen-bond acceptors (Lipinski definition) is 6. The first-order chi connectivity index (χ1) is 17.9. The number of allylic oxidation sites excluding steroid dienone is 2. The summed E-state index contributed by atoms with van der Waals surface area (Å²) in [4.78, 5) is 23.7. The summed E-state index contributed by atoms with van der Waals surface area (Å²) in [6, 6.07) is 10.1. The van der Waals surface area contributed by atoms with Gasteiger partial charge in [-0.3, -0.25) is 9.69 Å². The molecule has 6 rings (SSSR count). The van der Waals surface area contributed by atoms with Crippen LogP contribution in [0.5, 0.6) is 0 Å². The van der Waals surface area contributed by atoms with Crippen LogP contribution in [0.3, 0.4) is 0 Å². The van der Waals surface area contributed by atoms with Crippen LogP contribution in [-0.2, 0) is 16.6 Å². The minimum Gasteiger partial charge on any atom is -0.379 e. The Morgan fingerprint density at radius 3 is 2.54 bits per heavy atom. The molecule has 0 spiro atoms. The zero-order valence-corrected chi connectivity index (χ0v) is 22.3. The number of benzene rings is 1. The van der Waals surface area contributed by atoms with Crippen molar-refractivity contribution in [2.75, 3.05) is 44.3 Å². The van der Waals surface area contributed by atoms with Crippen molar-refractivity contribution in [3.8, 4) is 6.07 Å². The Morgan fingerprint density at radius 1 is 1.08 bits per heavy atom. The molecular formula is C31H36N4O2. The van der Waals surface area contributed by atoms with E-state index >= 15 is 0 Å².